The summed E-state index contributed by atoms with van der Waals surface area (Å²) in [5.41, 5.74) is -0.823. The van der Waals surface area contributed by atoms with Crippen molar-refractivity contribution in [1.82, 2.24) is 0 Å². The Balaban J connectivity index is 2.53. The van der Waals surface area contributed by atoms with Crippen molar-refractivity contribution in [2.45, 2.75) is 5.38 Å². The van der Waals surface area contributed by atoms with Crippen LogP contribution in [-0.4, -0.2) is 0 Å². The number of rotatable bonds is 2. The van der Waals surface area contributed by atoms with Gasteiger partial charge in [0.1, 0.15) is 11.6 Å². The van der Waals surface area contributed by atoms with E-state index in [9.17, 15) is 22.0 Å². The Labute approximate surface area is 110 Å². The van der Waals surface area contributed by atoms with Crippen LogP contribution in [0.4, 0.5) is 22.0 Å². The van der Waals surface area contributed by atoms with E-state index in [0.29, 0.717) is 6.07 Å². The van der Waals surface area contributed by atoms with Gasteiger partial charge in [-0.2, -0.15) is 0 Å². The topological polar surface area (TPSA) is 0 Å². The van der Waals surface area contributed by atoms with Crippen LogP contribution in [0.3, 0.4) is 0 Å². The first-order valence-corrected chi connectivity index (χ1v) is 5.58. The summed E-state index contributed by atoms with van der Waals surface area (Å²) in [4.78, 5) is 0. The molecule has 19 heavy (non-hydrogen) atoms. The highest BCUT2D eigenvalue weighted by Crippen LogP contribution is 2.33. The molecule has 0 aliphatic rings. The zero-order chi connectivity index (χ0) is 14.2. The molecule has 0 amide bonds. The van der Waals surface area contributed by atoms with Gasteiger partial charge in [-0.15, -0.1) is 11.6 Å². The second-order valence-corrected chi connectivity index (χ2v) is 4.23. The van der Waals surface area contributed by atoms with Gasteiger partial charge in [0.05, 0.1) is 5.38 Å². The first-order chi connectivity index (χ1) is 8.91. The maximum Gasteiger partial charge on any atom is 0.194 e. The SMILES string of the molecule is Fc1ccc(F)c(C(Cl)c2ccc(F)c(F)c2F)c1. The molecule has 0 spiro atoms. The minimum Gasteiger partial charge on any atom is -0.207 e. The third kappa shape index (κ3) is 2.56. The summed E-state index contributed by atoms with van der Waals surface area (Å²) in [7, 11) is 0. The van der Waals surface area contributed by atoms with Crippen molar-refractivity contribution in [3.05, 3.63) is 70.5 Å². The molecule has 100 valence electrons. The van der Waals surface area contributed by atoms with E-state index < -0.39 is 40.0 Å². The lowest BCUT2D eigenvalue weighted by Crippen LogP contribution is -2.04. The van der Waals surface area contributed by atoms with E-state index in [-0.39, 0.29) is 5.56 Å². The van der Waals surface area contributed by atoms with Crippen molar-refractivity contribution < 1.29 is 22.0 Å². The zero-order valence-electron chi connectivity index (χ0n) is 9.23. The standard InChI is InChI=1S/C13H6ClF5/c14-11(8-5-6(15)1-3-9(8)16)7-2-4-10(17)13(19)12(7)18/h1-5,11H. The average molecular weight is 293 g/mol. The fourth-order valence-electron chi connectivity index (χ4n) is 1.61. The predicted molar refractivity (Wildman–Crippen MR) is 60.4 cm³/mol. The van der Waals surface area contributed by atoms with Crippen LogP contribution in [-0.2, 0) is 0 Å². The molecule has 0 aliphatic heterocycles. The highest BCUT2D eigenvalue weighted by molar-refractivity contribution is 6.22. The molecule has 0 radical (unpaired) electrons. The van der Waals surface area contributed by atoms with E-state index in [0.717, 1.165) is 24.3 Å². The number of hydrogen-bond acceptors (Lipinski definition) is 0. The normalized spacial score (nSPS) is 12.5. The summed E-state index contributed by atoms with van der Waals surface area (Å²) >= 11 is 5.80. The summed E-state index contributed by atoms with van der Waals surface area (Å²) in [5.74, 6) is -6.26. The molecule has 2 rings (SSSR count). The molecule has 2 aromatic rings. The van der Waals surface area contributed by atoms with E-state index >= 15 is 0 Å². The van der Waals surface area contributed by atoms with Crippen LogP contribution in [0.25, 0.3) is 0 Å². The Hall–Kier alpha value is -1.62. The Bertz CT molecular complexity index is 627. The first-order valence-electron chi connectivity index (χ1n) is 5.14. The van der Waals surface area contributed by atoms with Gasteiger partial charge < -0.3 is 0 Å². The van der Waals surface area contributed by atoms with Crippen molar-refractivity contribution >= 4 is 11.6 Å². The lowest BCUT2D eigenvalue weighted by Gasteiger charge is -2.13. The number of hydrogen-bond donors (Lipinski definition) is 0. The van der Waals surface area contributed by atoms with Crippen LogP contribution >= 0.6 is 11.6 Å². The van der Waals surface area contributed by atoms with Crippen LogP contribution in [0, 0.1) is 29.1 Å². The maximum absolute atomic E-state index is 13.5. The van der Waals surface area contributed by atoms with Gasteiger partial charge in [0.25, 0.3) is 0 Å². The lowest BCUT2D eigenvalue weighted by molar-refractivity contribution is 0.441. The second-order valence-electron chi connectivity index (χ2n) is 3.79. The summed E-state index contributed by atoms with van der Waals surface area (Å²) in [5, 5.41) is -1.47. The minimum atomic E-state index is -1.71. The molecule has 0 heterocycles. The molecule has 1 unspecified atom stereocenters. The Morgan fingerprint density at radius 3 is 2.05 bits per heavy atom. The van der Waals surface area contributed by atoms with Gasteiger partial charge in [-0.05, 0) is 24.3 Å². The van der Waals surface area contributed by atoms with Crippen LogP contribution in [0.1, 0.15) is 16.5 Å². The monoisotopic (exact) mass is 292 g/mol. The van der Waals surface area contributed by atoms with Crippen molar-refractivity contribution in [2.75, 3.05) is 0 Å². The molecule has 0 aliphatic carbocycles. The Morgan fingerprint density at radius 2 is 1.37 bits per heavy atom. The molecule has 0 saturated heterocycles. The zero-order valence-corrected chi connectivity index (χ0v) is 9.99. The van der Waals surface area contributed by atoms with Gasteiger partial charge in [-0.25, -0.2) is 22.0 Å². The van der Waals surface area contributed by atoms with Crippen molar-refractivity contribution in [2.24, 2.45) is 0 Å². The van der Waals surface area contributed by atoms with Crippen molar-refractivity contribution in [3.63, 3.8) is 0 Å². The number of alkyl halides is 1. The van der Waals surface area contributed by atoms with Gasteiger partial charge in [-0.1, -0.05) is 6.07 Å². The average Bonchev–Trinajstić information content (AvgIpc) is 2.38. The maximum atomic E-state index is 13.5. The molecule has 6 heteroatoms. The van der Waals surface area contributed by atoms with E-state index in [1.54, 1.807) is 0 Å². The smallest absolute Gasteiger partial charge is 0.194 e. The quantitative estimate of drug-likeness (QED) is 0.427. The first kappa shape index (κ1) is 13.8. The predicted octanol–water partition coefficient (Wildman–Crippen LogP) is 4.71. The van der Waals surface area contributed by atoms with Crippen molar-refractivity contribution in [3.8, 4) is 0 Å². The van der Waals surface area contributed by atoms with E-state index in [1.807, 2.05) is 0 Å². The Morgan fingerprint density at radius 1 is 0.737 bits per heavy atom. The van der Waals surface area contributed by atoms with E-state index in [2.05, 4.69) is 0 Å². The Kier molecular flexibility index (Phi) is 3.75. The molecule has 0 aromatic heterocycles. The van der Waals surface area contributed by atoms with Gasteiger partial charge in [0, 0.05) is 11.1 Å². The summed E-state index contributed by atoms with van der Waals surface area (Å²) < 4.78 is 65.9. The van der Waals surface area contributed by atoms with Gasteiger partial charge >= 0.3 is 0 Å². The van der Waals surface area contributed by atoms with Gasteiger partial charge in [0.15, 0.2) is 17.5 Å². The lowest BCUT2D eigenvalue weighted by atomic mass is 10.0. The summed E-state index contributed by atoms with van der Waals surface area (Å²) in [6.45, 7) is 0. The van der Waals surface area contributed by atoms with Crippen molar-refractivity contribution in [1.29, 1.82) is 0 Å². The number of halogens is 6. The fraction of sp³-hybridized carbons (Fsp3) is 0.0769. The molecular weight excluding hydrogens is 287 g/mol. The van der Waals surface area contributed by atoms with Gasteiger partial charge in [-0.3, -0.25) is 0 Å². The van der Waals surface area contributed by atoms with Crippen LogP contribution in [0.2, 0.25) is 0 Å². The number of benzene rings is 2. The molecule has 1 atom stereocenters. The molecule has 0 N–H and O–H groups in total. The molecule has 0 fully saturated rings. The fourth-order valence-corrected chi connectivity index (χ4v) is 1.95. The molecule has 0 nitrogen and oxygen atoms in total. The van der Waals surface area contributed by atoms with Crippen LogP contribution < -0.4 is 0 Å². The van der Waals surface area contributed by atoms with Crippen LogP contribution in [0.5, 0.6) is 0 Å². The minimum absolute atomic E-state index is 0.355. The molecular formula is C13H6ClF5. The van der Waals surface area contributed by atoms with E-state index in [1.165, 1.54) is 0 Å². The third-order valence-corrected chi connectivity index (χ3v) is 3.04. The summed E-state index contributed by atoms with van der Waals surface area (Å²) in [6.07, 6.45) is 0. The second kappa shape index (κ2) is 5.17. The third-order valence-electron chi connectivity index (χ3n) is 2.57. The highest BCUT2D eigenvalue weighted by atomic mass is 35.5. The molecule has 0 bridgehead atoms. The largest absolute Gasteiger partial charge is 0.207 e. The molecule has 2 aromatic carbocycles. The van der Waals surface area contributed by atoms with E-state index in [4.69, 9.17) is 11.6 Å². The highest BCUT2D eigenvalue weighted by Gasteiger charge is 2.23. The summed E-state index contributed by atoms with van der Waals surface area (Å²) in [6, 6.07) is 4.01. The van der Waals surface area contributed by atoms with Gasteiger partial charge in [0.2, 0.25) is 0 Å². The van der Waals surface area contributed by atoms with Crippen LogP contribution in [0.15, 0.2) is 30.3 Å². The molecule has 0 saturated carbocycles.